The molecule has 2 aromatic carbocycles. The van der Waals surface area contributed by atoms with E-state index in [1.807, 2.05) is 37.3 Å². The highest BCUT2D eigenvalue weighted by molar-refractivity contribution is 9.09. The lowest BCUT2D eigenvalue weighted by atomic mass is 10.0. The van der Waals surface area contributed by atoms with E-state index in [2.05, 4.69) is 28.1 Å². The van der Waals surface area contributed by atoms with Gasteiger partial charge in [0.25, 0.3) is 0 Å². The average molecular weight is 344 g/mol. The van der Waals surface area contributed by atoms with Gasteiger partial charge in [0.05, 0.1) is 0 Å². The smallest absolute Gasteiger partial charge is 0.0439 e. The fourth-order valence-electron chi connectivity index (χ4n) is 1.93. The van der Waals surface area contributed by atoms with Crippen molar-refractivity contribution >= 4 is 39.1 Å². The quantitative estimate of drug-likeness (QED) is 0.601. The Balaban J connectivity index is 2.25. The summed E-state index contributed by atoms with van der Waals surface area (Å²) in [6, 6.07) is 13.9. The molecule has 0 bridgehead atoms. The molecule has 18 heavy (non-hydrogen) atoms. The number of hydrogen-bond acceptors (Lipinski definition) is 0. The van der Waals surface area contributed by atoms with Crippen molar-refractivity contribution in [3.63, 3.8) is 0 Å². The molecule has 2 aromatic rings. The third-order valence-electron chi connectivity index (χ3n) is 3.00. The van der Waals surface area contributed by atoms with Crippen molar-refractivity contribution in [2.75, 3.05) is 0 Å². The molecule has 0 aromatic heterocycles. The van der Waals surface area contributed by atoms with Crippen LogP contribution in [0.5, 0.6) is 0 Å². The van der Waals surface area contributed by atoms with E-state index in [9.17, 15) is 0 Å². The van der Waals surface area contributed by atoms with E-state index in [-0.39, 0.29) is 4.83 Å². The highest BCUT2D eigenvalue weighted by Gasteiger charge is 2.13. The van der Waals surface area contributed by atoms with Gasteiger partial charge in [-0.1, -0.05) is 69.5 Å². The number of alkyl halides is 1. The predicted molar refractivity (Wildman–Crippen MR) is 83.0 cm³/mol. The van der Waals surface area contributed by atoms with Gasteiger partial charge in [-0.15, -0.1) is 0 Å². The van der Waals surface area contributed by atoms with Crippen LogP contribution in [0.4, 0.5) is 0 Å². The number of halogens is 3. The van der Waals surface area contributed by atoms with Gasteiger partial charge in [0.1, 0.15) is 0 Å². The first-order chi connectivity index (χ1) is 8.59. The summed E-state index contributed by atoms with van der Waals surface area (Å²) in [6.07, 6.45) is 0.848. The molecule has 0 aliphatic carbocycles. The molecule has 0 spiro atoms. The molecule has 1 atom stereocenters. The Bertz CT molecular complexity index is 552. The molecule has 94 valence electrons. The molecule has 0 N–H and O–H groups in total. The van der Waals surface area contributed by atoms with Crippen LogP contribution in [0.3, 0.4) is 0 Å². The fraction of sp³-hybridized carbons (Fsp3) is 0.200. The van der Waals surface area contributed by atoms with Crippen LogP contribution < -0.4 is 0 Å². The van der Waals surface area contributed by atoms with Crippen molar-refractivity contribution < 1.29 is 0 Å². The zero-order valence-electron chi connectivity index (χ0n) is 9.96. The summed E-state index contributed by atoms with van der Waals surface area (Å²) >= 11 is 16.0. The van der Waals surface area contributed by atoms with Crippen LogP contribution in [-0.4, -0.2) is 0 Å². The van der Waals surface area contributed by atoms with Gasteiger partial charge in [0.15, 0.2) is 0 Å². The van der Waals surface area contributed by atoms with Crippen LogP contribution >= 0.6 is 39.1 Å². The zero-order valence-corrected chi connectivity index (χ0v) is 13.1. The number of rotatable bonds is 3. The first-order valence-electron chi connectivity index (χ1n) is 5.72. The second kappa shape index (κ2) is 6.10. The second-order valence-electron chi connectivity index (χ2n) is 4.22. The van der Waals surface area contributed by atoms with E-state index in [0.29, 0.717) is 0 Å². The van der Waals surface area contributed by atoms with Gasteiger partial charge in [-0.05, 0) is 42.2 Å². The first kappa shape index (κ1) is 13.9. The Morgan fingerprint density at radius 2 is 1.67 bits per heavy atom. The topological polar surface area (TPSA) is 0 Å². The predicted octanol–water partition coefficient (Wildman–Crippen LogP) is 5.98. The van der Waals surface area contributed by atoms with Crippen molar-refractivity contribution in [2.24, 2.45) is 0 Å². The third kappa shape index (κ3) is 3.09. The summed E-state index contributed by atoms with van der Waals surface area (Å²) in [5.41, 5.74) is 3.47. The maximum absolute atomic E-state index is 6.18. The fourth-order valence-corrected chi connectivity index (χ4v) is 3.17. The molecule has 0 nitrogen and oxygen atoms in total. The SMILES string of the molecule is Cc1c(Cl)cccc1C(Br)Cc1ccccc1Cl. The minimum atomic E-state index is 0.219. The summed E-state index contributed by atoms with van der Waals surface area (Å²) in [5.74, 6) is 0. The minimum absolute atomic E-state index is 0.219. The zero-order chi connectivity index (χ0) is 13.1. The van der Waals surface area contributed by atoms with Gasteiger partial charge < -0.3 is 0 Å². The van der Waals surface area contributed by atoms with Crippen LogP contribution in [0.15, 0.2) is 42.5 Å². The van der Waals surface area contributed by atoms with Crippen molar-refractivity contribution in [3.8, 4) is 0 Å². The average Bonchev–Trinajstić information content (AvgIpc) is 2.35. The van der Waals surface area contributed by atoms with E-state index in [1.165, 1.54) is 5.56 Å². The molecule has 0 aliphatic heterocycles. The van der Waals surface area contributed by atoms with Gasteiger partial charge in [-0.25, -0.2) is 0 Å². The highest BCUT2D eigenvalue weighted by atomic mass is 79.9. The highest BCUT2D eigenvalue weighted by Crippen LogP contribution is 2.33. The van der Waals surface area contributed by atoms with E-state index in [0.717, 1.165) is 27.6 Å². The van der Waals surface area contributed by atoms with Crippen molar-refractivity contribution in [1.29, 1.82) is 0 Å². The molecular weight excluding hydrogens is 331 g/mol. The number of hydrogen-bond donors (Lipinski definition) is 0. The van der Waals surface area contributed by atoms with Gasteiger partial charge in [-0.3, -0.25) is 0 Å². The molecule has 3 heteroatoms. The standard InChI is InChI=1S/C15H13BrCl2/c1-10-12(6-4-8-14(10)17)13(16)9-11-5-2-3-7-15(11)18/h2-8,13H,9H2,1H3. The monoisotopic (exact) mass is 342 g/mol. The molecule has 2 rings (SSSR count). The summed E-state index contributed by atoms with van der Waals surface area (Å²) < 4.78 is 0. The van der Waals surface area contributed by atoms with E-state index >= 15 is 0 Å². The molecule has 0 amide bonds. The lowest BCUT2D eigenvalue weighted by Crippen LogP contribution is -1.99. The maximum Gasteiger partial charge on any atom is 0.0439 e. The minimum Gasteiger partial charge on any atom is -0.0840 e. The molecule has 0 heterocycles. The molecule has 0 saturated heterocycles. The largest absolute Gasteiger partial charge is 0.0840 e. The molecule has 0 aliphatic rings. The summed E-state index contributed by atoms with van der Waals surface area (Å²) in [5, 5.41) is 1.61. The van der Waals surface area contributed by atoms with Crippen LogP contribution in [0.25, 0.3) is 0 Å². The molecule has 0 saturated carbocycles. The van der Waals surface area contributed by atoms with Crippen LogP contribution in [0.1, 0.15) is 21.5 Å². The first-order valence-corrected chi connectivity index (χ1v) is 7.39. The van der Waals surface area contributed by atoms with Crippen LogP contribution in [0.2, 0.25) is 10.0 Å². The second-order valence-corrected chi connectivity index (χ2v) is 6.14. The Labute approximate surface area is 126 Å². The summed E-state index contributed by atoms with van der Waals surface area (Å²) in [6.45, 7) is 2.04. The van der Waals surface area contributed by atoms with Crippen molar-refractivity contribution in [2.45, 2.75) is 18.2 Å². The van der Waals surface area contributed by atoms with Crippen molar-refractivity contribution in [3.05, 3.63) is 69.2 Å². The van der Waals surface area contributed by atoms with Gasteiger partial charge >= 0.3 is 0 Å². The van der Waals surface area contributed by atoms with Gasteiger partial charge in [0, 0.05) is 14.9 Å². The molecular formula is C15H13BrCl2. The Hall–Kier alpha value is -0.500. The van der Waals surface area contributed by atoms with Gasteiger partial charge in [0.2, 0.25) is 0 Å². The molecule has 0 radical (unpaired) electrons. The number of benzene rings is 2. The lowest BCUT2D eigenvalue weighted by Gasteiger charge is -2.15. The summed E-state index contributed by atoms with van der Waals surface area (Å²) in [4.78, 5) is 0.219. The van der Waals surface area contributed by atoms with Crippen molar-refractivity contribution in [1.82, 2.24) is 0 Å². The van der Waals surface area contributed by atoms with E-state index in [4.69, 9.17) is 23.2 Å². The Morgan fingerprint density at radius 1 is 1.00 bits per heavy atom. The summed E-state index contributed by atoms with van der Waals surface area (Å²) in [7, 11) is 0. The normalized spacial score (nSPS) is 12.4. The van der Waals surface area contributed by atoms with Crippen LogP contribution in [0, 0.1) is 6.92 Å². The molecule has 1 unspecified atom stereocenters. The van der Waals surface area contributed by atoms with Gasteiger partial charge in [-0.2, -0.15) is 0 Å². The van der Waals surface area contributed by atoms with E-state index in [1.54, 1.807) is 0 Å². The van der Waals surface area contributed by atoms with E-state index < -0.39 is 0 Å². The Morgan fingerprint density at radius 3 is 2.39 bits per heavy atom. The maximum atomic E-state index is 6.18. The van der Waals surface area contributed by atoms with Crippen LogP contribution in [-0.2, 0) is 6.42 Å². The Kier molecular flexibility index (Phi) is 4.71. The third-order valence-corrected chi connectivity index (χ3v) is 4.60. The molecule has 0 fully saturated rings. The lowest BCUT2D eigenvalue weighted by molar-refractivity contribution is 0.938.